The van der Waals surface area contributed by atoms with Crippen LogP contribution in [0.1, 0.15) is 36.6 Å². The van der Waals surface area contributed by atoms with Crippen molar-refractivity contribution in [1.82, 2.24) is 9.97 Å². The molecule has 4 nitrogen and oxygen atoms in total. The lowest BCUT2D eigenvalue weighted by Crippen LogP contribution is -2.11. The van der Waals surface area contributed by atoms with Crippen molar-refractivity contribution in [2.24, 2.45) is 5.84 Å². The number of aryl methyl sites for hydroxylation is 2. The van der Waals surface area contributed by atoms with Gasteiger partial charge in [-0.3, -0.25) is 0 Å². The van der Waals surface area contributed by atoms with Gasteiger partial charge in [-0.05, 0) is 30.9 Å². The molecule has 0 amide bonds. The number of hydrazine groups is 1. The van der Waals surface area contributed by atoms with Crippen LogP contribution >= 0.6 is 0 Å². The molecule has 0 saturated heterocycles. The van der Waals surface area contributed by atoms with Crippen LogP contribution in [0.3, 0.4) is 0 Å². The normalized spacial score (nSPS) is 10.8. The third-order valence-electron chi connectivity index (χ3n) is 3.19. The van der Waals surface area contributed by atoms with Gasteiger partial charge in [0, 0.05) is 17.3 Å². The van der Waals surface area contributed by atoms with Crippen LogP contribution in [0.25, 0.3) is 11.4 Å². The van der Waals surface area contributed by atoms with Crippen molar-refractivity contribution in [3.8, 4) is 11.4 Å². The monoisotopic (exact) mass is 256 g/mol. The molecule has 0 unspecified atom stereocenters. The maximum Gasteiger partial charge on any atom is 0.162 e. The summed E-state index contributed by atoms with van der Waals surface area (Å²) in [6, 6.07) is 8.08. The van der Waals surface area contributed by atoms with Gasteiger partial charge in [0.1, 0.15) is 5.82 Å². The Morgan fingerprint density at radius 1 is 1.11 bits per heavy atom. The van der Waals surface area contributed by atoms with Crippen LogP contribution in [-0.2, 0) is 0 Å². The standard InChI is InChI=1S/C15H20N4/c1-9(2)12-8-13(19-16)18-15(17-12)14-10(3)6-5-7-11(14)4/h5-9H,16H2,1-4H3,(H,17,18,19). The highest BCUT2D eigenvalue weighted by Crippen LogP contribution is 2.26. The maximum absolute atomic E-state index is 5.50. The minimum atomic E-state index is 0.332. The van der Waals surface area contributed by atoms with Crippen LogP contribution in [0.4, 0.5) is 5.82 Å². The van der Waals surface area contributed by atoms with Gasteiger partial charge in [-0.25, -0.2) is 15.8 Å². The number of nitrogens with two attached hydrogens (primary N) is 1. The van der Waals surface area contributed by atoms with Gasteiger partial charge < -0.3 is 5.43 Å². The zero-order valence-corrected chi connectivity index (χ0v) is 11.9. The average molecular weight is 256 g/mol. The molecule has 0 saturated carbocycles. The van der Waals surface area contributed by atoms with Crippen molar-refractivity contribution in [3.05, 3.63) is 41.1 Å². The SMILES string of the molecule is Cc1cccc(C)c1-c1nc(NN)cc(C(C)C)n1. The Balaban J connectivity index is 2.64. The Kier molecular flexibility index (Phi) is 3.81. The zero-order chi connectivity index (χ0) is 14.0. The van der Waals surface area contributed by atoms with E-state index in [0.717, 1.165) is 17.1 Å². The molecule has 0 bridgehead atoms. The minimum Gasteiger partial charge on any atom is -0.308 e. The molecule has 2 rings (SSSR count). The topological polar surface area (TPSA) is 63.8 Å². The van der Waals surface area contributed by atoms with E-state index in [9.17, 15) is 0 Å². The molecule has 0 aliphatic rings. The second-order valence-electron chi connectivity index (χ2n) is 5.07. The number of rotatable bonds is 3. The van der Waals surface area contributed by atoms with E-state index in [2.05, 4.69) is 55.2 Å². The third-order valence-corrected chi connectivity index (χ3v) is 3.19. The number of hydrogen-bond acceptors (Lipinski definition) is 4. The quantitative estimate of drug-likeness (QED) is 0.654. The predicted molar refractivity (Wildman–Crippen MR) is 78.8 cm³/mol. The first-order chi connectivity index (χ1) is 9.02. The molecule has 1 aromatic carbocycles. The van der Waals surface area contributed by atoms with Crippen LogP contribution in [0.5, 0.6) is 0 Å². The van der Waals surface area contributed by atoms with E-state index in [1.807, 2.05) is 12.1 Å². The summed E-state index contributed by atoms with van der Waals surface area (Å²) >= 11 is 0. The van der Waals surface area contributed by atoms with Crippen molar-refractivity contribution >= 4 is 5.82 Å². The lowest BCUT2D eigenvalue weighted by atomic mass is 10.0. The molecule has 100 valence electrons. The molecule has 0 aliphatic heterocycles. The van der Waals surface area contributed by atoms with Crippen LogP contribution in [0, 0.1) is 13.8 Å². The molecule has 4 heteroatoms. The average Bonchev–Trinajstić information content (AvgIpc) is 2.38. The number of hydrogen-bond donors (Lipinski definition) is 2. The van der Waals surface area contributed by atoms with Gasteiger partial charge in [0.25, 0.3) is 0 Å². The first kappa shape index (κ1) is 13.5. The fraction of sp³-hybridized carbons (Fsp3) is 0.333. The zero-order valence-electron chi connectivity index (χ0n) is 11.9. The number of anilines is 1. The van der Waals surface area contributed by atoms with E-state index in [4.69, 9.17) is 5.84 Å². The Morgan fingerprint density at radius 3 is 2.26 bits per heavy atom. The first-order valence-corrected chi connectivity index (χ1v) is 6.45. The van der Waals surface area contributed by atoms with E-state index >= 15 is 0 Å². The summed E-state index contributed by atoms with van der Waals surface area (Å²) in [5.41, 5.74) is 7.03. The molecule has 19 heavy (non-hydrogen) atoms. The van der Waals surface area contributed by atoms with Crippen LogP contribution in [0.15, 0.2) is 24.3 Å². The minimum absolute atomic E-state index is 0.332. The van der Waals surface area contributed by atoms with Gasteiger partial charge in [0.05, 0.1) is 0 Å². The second-order valence-corrected chi connectivity index (χ2v) is 5.07. The van der Waals surface area contributed by atoms with Crippen LogP contribution in [0.2, 0.25) is 0 Å². The molecule has 0 spiro atoms. The number of nitrogen functional groups attached to an aromatic ring is 1. The summed E-state index contributed by atoms with van der Waals surface area (Å²) in [4.78, 5) is 9.15. The van der Waals surface area contributed by atoms with Crippen molar-refractivity contribution in [1.29, 1.82) is 0 Å². The molecule has 1 heterocycles. The Labute approximate surface area is 114 Å². The summed E-state index contributed by atoms with van der Waals surface area (Å²) < 4.78 is 0. The van der Waals surface area contributed by atoms with E-state index in [1.54, 1.807) is 0 Å². The van der Waals surface area contributed by atoms with Gasteiger partial charge in [-0.15, -0.1) is 0 Å². The molecule has 0 atom stereocenters. The Morgan fingerprint density at radius 2 is 1.74 bits per heavy atom. The van der Waals surface area contributed by atoms with Crippen molar-refractivity contribution in [3.63, 3.8) is 0 Å². The summed E-state index contributed by atoms with van der Waals surface area (Å²) in [6.45, 7) is 8.36. The molecular weight excluding hydrogens is 236 g/mol. The summed E-state index contributed by atoms with van der Waals surface area (Å²) in [5.74, 6) is 7.21. The van der Waals surface area contributed by atoms with E-state index in [-0.39, 0.29) is 0 Å². The Hall–Kier alpha value is -1.94. The molecule has 0 radical (unpaired) electrons. The van der Waals surface area contributed by atoms with Gasteiger partial charge in [-0.1, -0.05) is 32.0 Å². The molecule has 2 aromatic rings. The summed E-state index contributed by atoms with van der Waals surface area (Å²) in [6.07, 6.45) is 0. The molecular formula is C15H20N4. The number of aromatic nitrogens is 2. The van der Waals surface area contributed by atoms with Crippen LogP contribution in [-0.4, -0.2) is 9.97 Å². The first-order valence-electron chi connectivity index (χ1n) is 6.45. The van der Waals surface area contributed by atoms with Crippen LogP contribution < -0.4 is 11.3 Å². The highest BCUT2D eigenvalue weighted by Gasteiger charge is 2.12. The number of benzene rings is 1. The van der Waals surface area contributed by atoms with Gasteiger partial charge in [0.15, 0.2) is 5.82 Å². The third kappa shape index (κ3) is 2.74. The fourth-order valence-electron chi connectivity index (χ4n) is 2.11. The molecule has 0 fully saturated rings. The highest BCUT2D eigenvalue weighted by molar-refractivity contribution is 5.65. The van der Waals surface area contributed by atoms with Gasteiger partial charge >= 0.3 is 0 Å². The number of nitrogens with zero attached hydrogens (tertiary/aromatic N) is 2. The smallest absolute Gasteiger partial charge is 0.162 e. The molecule has 3 N–H and O–H groups in total. The molecule has 1 aromatic heterocycles. The van der Waals surface area contributed by atoms with Crippen molar-refractivity contribution in [2.45, 2.75) is 33.6 Å². The lowest BCUT2D eigenvalue weighted by molar-refractivity contribution is 0.816. The van der Waals surface area contributed by atoms with E-state index < -0.39 is 0 Å². The van der Waals surface area contributed by atoms with Gasteiger partial charge in [-0.2, -0.15) is 0 Å². The highest BCUT2D eigenvalue weighted by atomic mass is 15.3. The molecule has 0 aliphatic carbocycles. The summed E-state index contributed by atoms with van der Waals surface area (Å²) in [7, 11) is 0. The van der Waals surface area contributed by atoms with E-state index in [0.29, 0.717) is 11.7 Å². The lowest BCUT2D eigenvalue weighted by Gasteiger charge is -2.13. The number of nitrogens with one attached hydrogen (secondary N) is 1. The van der Waals surface area contributed by atoms with Crippen molar-refractivity contribution < 1.29 is 0 Å². The summed E-state index contributed by atoms with van der Waals surface area (Å²) in [5, 5.41) is 0. The fourth-order valence-corrected chi connectivity index (χ4v) is 2.11. The van der Waals surface area contributed by atoms with Gasteiger partial charge in [0.2, 0.25) is 0 Å². The van der Waals surface area contributed by atoms with Crippen molar-refractivity contribution in [2.75, 3.05) is 5.43 Å². The predicted octanol–water partition coefficient (Wildman–Crippen LogP) is 3.17. The Bertz CT molecular complexity index is 570. The largest absolute Gasteiger partial charge is 0.308 e. The van der Waals surface area contributed by atoms with E-state index in [1.165, 1.54) is 11.1 Å². The second kappa shape index (κ2) is 5.36. The maximum atomic E-state index is 5.50.